The van der Waals surface area contributed by atoms with E-state index in [0.717, 1.165) is 24.0 Å². The number of carbonyl (C=O) groups is 3. The summed E-state index contributed by atoms with van der Waals surface area (Å²) in [6.45, 7) is 2.67. The zero-order valence-corrected chi connectivity index (χ0v) is 21.0. The maximum atomic E-state index is 13.6. The van der Waals surface area contributed by atoms with Gasteiger partial charge in [-0.15, -0.1) is 6.42 Å². The van der Waals surface area contributed by atoms with Gasteiger partial charge in [0.2, 0.25) is 11.8 Å². The van der Waals surface area contributed by atoms with Crippen molar-refractivity contribution in [2.45, 2.75) is 51.5 Å². The first-order valence-corrected chi connectivity index (χ1v) is 12.6. The predicted octanol–water partition coefficient (Wildman–Crippen LogP) is 2.96. The van der Waals surface area contributed by atoms with Crippen molar-refractivity contribution < 1.29 is 18.8 Å². The molecule has 0 saturated carbocycles. The van der Waals surface area contributed by atoms with Crippen molar-refractivity contribution in [2.75, 3.05) is 19.6 Å². The summed E-state index contributed by atoms with van der Waals surface area (Å²) in [7, 11) is 0. The fourth-order valence-electron chi connectivity index (χ4n) is 4.92. The number of hydrazine groups is 1. The monoisotopic (exact) mass is 505 g/mol. The highest BCUT2D eigenvalue weighted by Gasteiger charge is 2.51. The Balaban J connectivity index is 1.64. The molecule has 4 rings (SSSR count). The summed E-state index contributed by atoms with van der Waals surface area (Å²) in [6.07, 6.45) is 6.98. The number of rotatable bonds is 8. The third-order valence-electron chi connectivity index (χ3n) is 6.72. The van der Waals surface area contributed by atoms with E-state index in [-0.39, 0.29) is 43.8 Å². The van der Waals surface area contributed by atoms with Crippen LogP contribution in [-0.2, 0) is 22.7 Å². The molecule has 0 aliphatic carbocycles. The van der Waals surface area contributed by atoms with Crippen molar-refractivity contribution in [1.29, 1.82) is 0 Å². The zero-order chi connectivity index (χ0) is 26.4. The van der Waals surface area contributed by atoms with E-state index in [2.05, 4.69) is 11.2 Å². The number of unbranched alkanes of at least 4 members (excludes halogenated alkanes) is 1. The van der Waals surface area contributed by atoms with Crippen molar-refractivity contribution in [2.24, 2.45) is 0 Å². The average molecular weight is 506 g/mol. The second-order valence-corrected chi connectivity index (χ2v) is 9.30. The smallest absolute Gasteiger partial charge is 0.333 e. The Morgan fingerprint density at radius 1 is 1.11 bits per heavy atom. The highest BCUT2D eigenvalue weighted by Crippen LogP contribution is 2.29. The largest absolute Gasteiger partial charge is 0.334 e. The van der Waals surface area contributed by atoms with Gasteiger partial charge in [0.05, 0.1) is 19.6 Å². The van der Waals surface area contributed by atoms with Crippen LogP contribution in [-0.4, -0.2) is 69.5 Å². The summed E-state index contributed by atoms with van der Waals surface area (Å²) >= 11 is 0. The van der Waals surface area contributed by atoms with Gasteiger partial charge in [0.1, 0.15) is 18.0 Å². The van der Waals surface area contributed by atoms with Crippen molar-refractivity contribution in [1.82, 2.24) is 25.1 Å². The Morgan fingerprint density at radius 3 is 2.51 bits per heavy atom. The number of halogens is 1. The van der Waals surface area contributed by atoms with Gasteiger partial charge in [0.25, 0.3) is 0 Å². The van der Waals surface area contributed by atoms with Crippen LogP contribution in [0.4, 0.5) is 9.18 Å². The summed E-state index contributed by atoms with van der Waals surface area (Å²) in [5, 5.41) is 5.99. The van der Waals surface area contributed by atoms with Gasteiger partial charge >= 0.3 is 6.03 Å². The van der Waals surface area contributed by atoms with Gasteiger partial charge in [-0.2, -0.15) is 5.01 Å². The number of terminal acetylenes is 1. The molecular weight excluding hydrogens is 473 g/mol. The van der Waals surface area contributed by atoms with E-state index in [0.29, 0.717) is 13.0 Å². The van der Waals surface area contributed by atoms with Crippen LogP contribution in [0.2, 0.25) is 0 Å². The third kappa shape index (κ3) is 5.92. The third-order valence-corrected chi connectivity index (χ3v) is 6.72. The Kier molecular flexibility index (Phi) is 8.41. The molecule has 2 aromatic carbocycles. The Bertz CT molecular complexity index is 1150. The van der Waals surface area contributed by atoms with E-state index in [9.17, 15) is 18.8 Å². The van der Waals surface area contributed by atoms with E-state index in [1.807, 2.05) is 37.3 Å². The molecule has 194 valence electrons. The van der Waals surface area contributed by atoms with Gasteiger partial charge in [0, 0.05) is 13.1 Å². The minimum Gasteiger partial charge on any atom is -0.333 e. The molecule has 2 fully saturated rings. The molecule has 0 bridgehead atoms. The SMILES string of the molecule is C#CCN1CC(=O)N2[C@@H](CCCC)C(=O)N(Cc3ccc(F)cc3)C[C@@H]2N1C(=O)NCc1ccccc1. The summed E-state index contributed by atoms with van der Waals surface area (Å²) in [4.78, 5) is 43.7. The summed E-state index contributed by atoms with van der Waals surface area (Å²) < 4.78 is 13.5. The van der Waals surface area contributed by atoms with Gasteiger partial charge in [-0.05, 0) is 29.7 Å². The summed E-state index contributed by atoms with van der Waals surface area (Å²) in [6, 6.07) is 14.4. The maximum Gasteiger partial charge on any atom is 0.334 e. The Morgan fingerprint density at radius 2 is 1.84 bits per heavy atom. The Labute approximate surface area is 217 Å². The molecule has 0 spiro atoms. The van der Waals surface area contributed by atoms with E-state index in [4.69, 9.17) is 6.42 Å². The molecule has 2 aromatic rings. The first-order valence-electron chi connectivity index (χ1n) is 12.6. The number of amides is 4. The molecule has 0 aromatic heterocycles. The molecular formula is C28H32FN5O3. The number of fused-ring (bicyclic) bond motifs is 1. The quantitative estimate of drug-likeness (QED) is 0.560. The number of nitrogens with zero attached hydrogens (tertiary/aromatic N) is 4. The molecule has 0 radical (unpaired) electrons. The minimum atomic E-state index is -0.717. The van der Waals surface area contributed by atoms with Crippen molar-refractivity contribution >= 4 is 17.8 Å². The standard InChI is InChI=1S/C28H32FN5O3/c1-3-5-11-24-27(36)31(18-22-12-14-23(29)15-13-22)19-25-33(24)26(35)20-32(16-4-2)34(25)28(37)30-17-21-9-7-6-8-10-21/h2,6-10,12-15,24-25H,3,5,11,16-20H2,1H3,(H,30,37)/t24-,25-/m0/s1. The molecule has 1 N–H and O–H groups in total. The molecule has 2 aliphatic rings. The van der Waals surface area contributed by atoms with Crippen LogP contribution in [0.1, 0.15) is 37.3 Å². The van der Waals surface area contributed by atoms with Crippen LogP contribution < -0.4 is 5.32 Å². The number of hydrogen-bond donors (Lipinski definition) is 1. The summed E-state index contributed by atoms with van der Waals surface area (Å²) in [5.74, 6) is 1.78. The molecule has 2 heterocycles. The molecule has 2 saturated heterocycles. The molecule has 2 aliphatic heterocycles. The van der Waals surface area contributed by atoms with E-state index >= 15 is 0 Å². The lowest BCUT2D eigenvalue weighted by Crippen LogP contribution is -2.76. The van der Waals surface area contributed by atoms with E-state index in [1.54, 1.807) is 26.9 Å². The maximum absolute atomic E-state index is 13.6. The van der Waals surface area contributed by atoms with Crippen LogP contribution in [0.3, 0.4) is 0 Å². The zero-order valence-electron chi connectivity index (χ0n) is 21.0. The predicted molar refractivity (Wildman–Crippen MR) is 137 cm³/mol. The van der Waals surface area contributed by atoms with Crippen LogP contribution >= 0.6 is 0 Å². The second kappa shape index (κ2) is 11.9. The highest BCUT2D eigenvalue weighted by molar-refractivity contribution is 5.91. The number of carbonyl (C=O) groups excluding carboxylic acids is 3. The number of nitrogens with one attached hydrogen (secondary N) is 1. The van der Waals surface area contributed by atoms with Crippen molar-refractivity contribution in [3.8, 4) is 12.3 Å². The van der Waals surface area contributed by atoms with Crippen molar-refractivity contribution in [3.63, 3.8) is 0 Å². The first kappa shape index (κ1) is 26.2. The second-order valence-electron chi connectivity index (χ2n) is 9.30. The normalized spacial score (nSPS) is 20.0. The molecule has 9 heteroatoms. The van der Waals surface area contributed by atoms with Crippen molar-refractivity contribution in [3.05, 3.63) is 71.5 Å². The number of piperazine rings is 1. The van der Waals surface area contributed by atoms with Crippen LogP contribution in [0, 0.1) is 18.2 Å². The highest BCUT2D eigenvalue weighted by atomic mass is 19.1. The number of urea groups is 1. The molecule has 37 heavy (non-hydrogen) atoms. The molecule has 2 atom stereocenters. The van der Waals surface area contributed by atoms with Gasteiger partial charge in [0.15, 0.2) is 0 Å². The van der Waals surface area contributed by atoms with Crippen LogP contribution in [0.5, 0.6) is 0 Å². The minimum absolute atomic E-state index is 0.0698. The average Bonchev–Trinajstić information content (AvgIpc) is 2.89. The first-order chi connectivity index (χ1) is 17.9. The van der Waals surface area contributed by atoms with Gasteiger partial charge in [-0.1, -0.05) is 68.2 Å². The van der Waals surface area contributed by atoms with Gasteiger partial charge < -0.3 is 15.1 Å². The Hall–Kier alpha value is -3.90. The lowest BCUT2D eigenvalue weighted by Gasteiger charge is -2.55. The lowest BCUT2D eigenvalue weighted by molar-refractivity contribution is -0.189. The van der Waals surface area contributed by atoms with Gasteiger partial charge in [-0.3, -0.25) is 9.59 Å². The van der Waals surface area contributed by atoms with Gasteiger partial charge in [-0.25, -0.2) is 14.2 Å². The molecule has 8 nitrogen and oxygen atoms in total. The van der Waals surface area contributed by atoms with E-state index in [1.165, 1.54) is 17.1 Å². The fraction of sp³-hybridized carbons (Fsp3) is 0.393. The fourth-order valence-corrected chi connectivity index (χ4v) is 4.92. The number of benzene rings is 2. The molecule has 0 unspecified atom stereocenters. The number of hydrogen-bond acceptors (Lipinski definition) is 4. The van der Waals surface area contributed by atoms with Crippen LogP contribution in [0.15, 0.2) is 54.6 Å². The topological polar surface area (TPSA) is 76.2 Å². The van der Waals surface area contributed by atoms with Crippen LogP contribution in [0.25, 0.3) is 0 Å². The molecule has 4 amide bonds. The summed E-state index contributed by atoms with van der Waals surface area (Å²) in [5.41, 5.74) is 1.70. The lowest BCUT2D eigenvalue weighted by atomic mass is 10.0. The van der Waals surface area contributed by atoms with E-state index < -0.39 is 18.2 Å².